The Morgan fingerprint density at radius 2 is 2.00 bits per heavy atom. The number of nitro groups is 1. The van der Waals surface area contributed by atoms with E-state index >= 15 is 0 Å². The van der Waals surface area contributed by atoms with Crippen LogP contribution in [0, 0.1) is 10.1 Å². The van der Waals surface area contributed by atoms with Gasteiger partial charge in [0.05, 0.1) is 30.1 Å². The highest BCUT2D eigenvalue weighted by Crippen LogP contribution is 2.30. The van der Waals surface area contributed by atoms with Crippen LogP contribution in [0.2, 0.25) is 0 Å². The number of carbonyl (C=O) groups is 1. The number of methoxy groups -OCH3 is 1. The van der Waals surface area contributed by atoms with E-state index in [-0.39, 0.29) is 11.6 Å². The molecule has 10 nitrogen and oxygen atoms in total. The molecule has 0 bridgehead atoms. The number of amides is 1. The van der Waals surface area contributed by atoms with Crippen LogP contribution in [-0.4, -0.2) is 38.0 Å². The molecule has 1 N–H and O–H groups in total. The molecule has 4 aromatic rings. The predicted octanol–water partition coefficient (Wildman–Crippen LogP) is 4.62. The predicted molar refractivity (Wildman–Crippen MR) is 127 cm³/mol. The van der Waals surface area contributed by atoms with Gasteiger partial charge >= 0.3 is 0 Å². The van der Waals surface area contributed by atoms with Gasteiger partial charge in [0.2, 0.25) is 5.91 Å². The number of thioether (sulfide) groups is 1. The molecular weight excluding hydrogens is 458 g/mol. The number of carbonyl (C=O) groups excluding carboxylic acids is 1. The van der Waals surface area contributed by atoms with E-state index in [4.69, 9.17) is 9.15 Å². The van der Waals surface area contributed by atoms with E-state index in [2.05, 4.69) is 15.5 Å². The highest BCUT2D eigenvalue weighted by atomic mass is 32.2. The Morgan fingerprint density at radius 1 is 1.21 bits per heavy atom. The van der Waals surface area contributed by atoms with Crippen LogP contribution in [0.5, 0.6) is 5.75 Å². The number of anilines is 1. The third kappa shape index (κ3) is 5.26. The van der Waals surface area contributed by atoms with Crippen molar-refractivity contribution in [3.63, 3.8) is 0 Å². The number of rotatable bonds is 9. The molecule has 11 heteroatoms. The summed E-state index contributed by atoms with van der Waals surface area (Å²) in [6.45, 7) is 2.13. The first-order valence-electron chi connectivity index (χ1n) is 10.3. The number of hydrogen-bond donors (Lipinski definition) is 1. The summed E-state index contributed by atoms with van der Waals surface area (Å²) in [5.74, 6) is 1.75. The molecule has 4 rings (SSSR count). The van der Waals surface area contributed by atoms with E-state index in [9.17, 15) is 14.9 Å². The summed E-state index contributed by atoms with van der Waals surface area (Å²) in [5, 5.41) is 22.3. The van der Waals surface area contributed by atoms with Gasteiger partial charge in [0.1, 0.15) is 11.5 Å². The van der Waals surface area contributed by atoms with Gasteiger partial charge in [0.15, 0.2) is 11.0 Å². The second kappa shape index (κ2) is 10.2. The van der Waals surface area contributed by atoms with E-state index in [0.29, 0.717) is 34.7 Å². The molecule has 0 fully saturated rings. The van der Waals surface area contributed by atoms with Crippen molar-refractivity contribution >= 4 is 29.0 Å². The van der Waals surface area contributed by atoms with E-state index in [0.717, 1.165) is 5.56 Å². The number of aromatic nitrogens is 3. The fourth-order valence-corrected chi connectivity index (χ4v) is 4.02. The molecule has 1 unspecified atom stereocenters. The standard InChI is InChI=1S/C23H21N5O5S/c1-15(22(29)24-17-8-10-18(11-9-17)28(30)31)34-23-26-25-21(16-5-3-6-19(13-16)32-2)27(23)14-20-7-4-12-33-20/h3-13,15H,14H2,1-2H3,(H,24,29). The minimum absolute atomic E-state index is 0.0449. The van der Waals surface area contributed by atoms with E-state index < -0.39 is 10.2 Å². The van der Waals surface area contributed by atoms with Crippen LogP contribution >= 0.6 is 11.8 Å². The maximum atomic E-state index is 12.8. The minimum Gasteiger partial charge on any atom is -0.497 e. The van der Waals surface area contributed by atoms with E-state index in [1.165, 1.54) is 36.0 Å². The number of nitro benzene ring substituents is 1. The Kier molecular flexibility index (Phi) is 6.93. The van der Waals surface area contributed by atoms with Gasteiger partial charge in [0, 0.05) is 23.4 Å². The molecule has 174 valence electrons. The number of nitrogens with zero attached hydrogens (tertiary/aromatic N) is 4. The first kappa shape index (κ1) is 23.1. The SMILES string of the molecule is COc1cccc(-c2nnc(SC(C)C(=O)Nc3ccc([N+](=O)[O-])cc3)n2Cc2ccco2)c1. The first-order chi connectivity index (χ1) is 16.4. The normalized spacial score (nSPS) is 11.7. The molecule has 0 radical (unpaired) electrons. The Morgan fingerprint density at radius 3 is 2.68 bits per heavy atom. The average molecular weight is 480 g/mol. The fraction of sp³-hybridized carbons (Fsp3) is 0.174. The highest BCUT2D eigenvalue weighted by molar-refractivity contribution is 8.00. The monoisotopic (exact) mass is 479 g/mol. The van der Waals surface area contributed by atoms with Gasteiger partial charge < -0.3 is 14.5 Å². The molecular formula is C23H21N5O5S. The topological polar surface area (TPSA) is 125 Å². The summed E-state index contributed by atoms with van der Waals surface area (Å²) in [4.78, 5) is 23.1. The molecule has 2 aromatic carbocycles. The lowest BCUT2D eigenvalue weighted by Crippen LogP contribution is -2.23. The molecule has 0 aliphatic heterocycles. The van der Waals surface area contributed by atoms with Gasteiger partial charge in [0.25, 0.3) is 5.69 Å². The minimum atomic E-state index is -0.520. The zero-order valence-corrected chi connectivity index (χ0v) is 19.2. The van der Waals surface area contributed by atoms with Gasteiger partial charge in [-0.15, -0.1) is 10.2 Å². The number of furan rings is 1. The number of ether oxygens (including phenoxy) is 1. The summed E-state index contributed by atoms with van der Waals surface area (Å²) in [5.41, 5.74) is 1.24. The largest absolute Gasteiger partial charge is 0.497 e. The lowest BCUT2D eigenvalue weighted by atomic mass is 10.2. The van der Waals surface area contributed by atoms with Crippen LogP contribution in [0.3, 0.4) is 0 Å². The van der Waals surface area contributed by atoms with Crippen molar-refractivity contribution in [2.24, 2.45) is 0 Å². The zero-order valence-electron chi connectivity index (χ0n) is 18.4. The van der Waals surface area contributed by atoms with Crippen molar-refractivity contribution in [1.82, 2.24) is 14.8 Å². The third-order valence-corrected chi connectivity index (χ3v) is 6.02. The van der Waals surface area contributed by atoms with Gasteiger partial charge in [-0.1, -0.05) is 23.9 Å². The molecule has 1 amide bonds. The summed E-state index contributed by atoms with van der Waals surface area (Å²) < 4.78 is 12.7. The second-order valence-corrected chi connectivity index (χ2v) is 8.56. The number of benzene rings is 2. The lowest BCUT2D eigenvalue weighted by molar-refractivity contribution is -0.384. The van der Waals surface area contributed by atoms with Crippen LogP contribution in [-0.2, 0) is 11.3 Å². The Labute approximate surface area is 199 Å². The first-order valence-corrected chi connectivity index (χ1v) is 11.1. The van der Waals surface area contributed by atoms with Crippen molar-refractivity contribution in [2.75, 3.05) is 12.4 Å². The Bertz CT molecular complexity index is 1290. The lowest BCUT2D eigenvalue weighted by Gasteiger charge is -2.13. The van der Waals surface area contributed by atoms with Gasteiger partial charge in [-0.25, -0.2) is 0 Å². The summed E-state index contributed by atoms with van der Waals surface area (Å²) in [6.07, 6.45) is 1.60. The van der Waals surface area contributed by atoms with Crippen molar-refractivity contribution in [1.29, 1.82) is 0 Å². The van der Waals surface area contributed by atoms with Crippen LogP contribution in [0.1, 0.15) is 12.7 Å². The molecule has 34 heavy (non-hydrogen) atoms. The summed E-state index contributed by atoms with van der Waals surface area (Å²) >= 11 is 1.25. The quantitative estimate of drug-likeness (QED) is 0.209. The fourth-order valence-electron chi connectivity index (χ4n) is 3.17. The van der Waals surface area contributed by atoms with E-state index in [1.54, 1.807) is 26.4 Å². The van der Waals surface area contributed by atoms with Crippen molar-refractivity contribution in [2.45, 2.75) is 23.9 Å². The third-order valence-electron chi connectivity index (χ3n) is 4.94. The highest BCUT2D eigenvalue weighted by Gasteiger charge is 2.22. The maximum Gasteiger partial charge on any atom is 0.269 e. The van der Waals surface area contributed by atoms with Crippen LogP contribution < -0.4 is 10.1 Å². The molecule has 0 aliphatic rings. The zero-order chi connectivity index (χ0) is 24.1. The van der Waals surface area contributed by atoms with E-state index in [1.807, 2.05) is 34.9 Å². The molecule has 0 spiro atoms. The number of non-ortho nitro benzene ring substituents is 1. The molecule has 0 aliphatic carbocycles. The Hall–Kier alpha value is -4.12. The van der Waals surface area contributed by atoms with Crippen LogP contribution in [0.15, 0.2) is 76.5 Å². The molecule has 2 heterocycles. The molecule has 0 saturated carbocycles. The van der Waals surface area contributed by atoms with Crippen molar-refractivity contribution < 1.29 is 18.9 Å². The van der Waals surface area contributed by atoms with Crippen molar-refractivity contribution in [3.8, 4) is 17.1 Å². The molecule has 0 saturated heterocycles. The van der Waals surface area contributed by atoms with Gasteiger partial charge in [-0.3, -0.25) is 19.5 Å². The van der Waals surface area contributed by atoms with Gasteiger partial charge in [-0.2, -0.15) is 0 Å². The molecule has 2 aromatic heterocycles. The number of nitrogens with one attached hydrogen (secondary N) is 1. The Balaban J connectivity index is 1.56. The number of hydrogen-bond acceptors (Lipinski definition) is 8. The maximum absolute atomic E-state index is 12.8. The van der Waals surface area contributed by atoms with Gasteiger partial charge in [-0.05, 0) is 43.3 Å². The summed E-state index contributed by atoms with van der Waals surface area (Å²) in [7, 11) is 1.60. The van der Waals surface area contributed by atoms with Crippen molar-refractivity contribution in [3.05, 3.63) is 82.8 Å². The second-order valence-electron chi connectivity index (χ2n) is 7.26. The summed E-state index contributed by atoms with van der Waals surface area (Å²) in [6, 6.07) is 16.8. The van der Waals surface area contributed by atoms with Crippen LogP contribution in [0.25, 0.3) is 11.4 Å². The molecule has 1 atom stereocenters. The average Bonchev–Trinajstić information content (AvgIpc) is 3.50. The smallest absolute Gasteiger partial charge is 0.269 e. The van der Waals surface area contributed by atoms with Crippen LogP contribution in [0.4, 0.5) is 11.4 Å².